The van der Waals surface area contributed by atoms with Crippen LogP contribution in [0, 0.1) is 0 Å². The van der Waals surface area contributed by atoms with Crippen LogP contribution in [0.2, 0.25) is 0 Å². The van der Waals surface area contributed by atoms with E-state index in [2.05, 4.69) is 0 Å². The molecule has 3 rings (SSSR count). The van der Waals surface area contributed by atoms with Gasteiger partial charge in [-0.15, -0.1) is 0 Å². The number of carbonyl (C=O) groups excluding carboxylic acids is 1. The standard InChI is InChI=1S/C20H21NO6/c1-3-25-16-9-11(5-8-14(16)23)17-13-7-6-12(22)10-15(13)27-19(21)18(17)20(24)26-4-2/h5-10,17,22-23H,3-4,21H2,1-2H3. The molecular weight excluding hydrogens is 350 g/mol. The zero-order valence-corrected chi connectivity index (χ0v) is 15.1. The van der Waals surface area contributed by atoms with Crippen molar-refractivity contribution in [1.29, 1.82) is 0 Å². The van der Waals surface area contributed by atoms with Crippen LogP contribution >= 0.6 is 0 Å². The van der Waals surface area contributed by atoms with Crippen LogP contribution in [-0.2, 0) is 9.53 Å². The zero-order chi connectivity index (χ0) is 19.6. The van der Waals surface area contributed by atoms with E-state index in [1.807, 2.05) is 0 Å². The molecule has 27 heavy (non-hydrogen) atoms. The maximum absolute atomic E-state index is 12.6. The van der Waals surface area contributed by atoms with Gasteiger partial charge >= 0.3 is 5.97 Å². The number of carbonyl (C=O) groups is 1. The molecule has 0 spiro atoms. The van der Waals surface area contributed by atoms with Crippen LogP contribution in [0.5, 0.6) is 23.0 Å². The number of esters is 1. The molecule has 0 saturated carbocycles. The molecule has 2 aromatic carbocycles. The Morgan fingerprint density at radius 1 is 1.15 bits per heavy atom. The Morgan fingerprint density at radius 3 is 2.63 bits per heavy atom. The molecule has 4 N–H and O–H groups in total. The lowest BCUT2D eigenvalue weighted by atomic mass is 9.83. The van der Waals surface area contributed by atoms with Gasteiger partial charge in [-0.25, -0.2) is 4.79 Å². The van der Waals surface area contributed by atoms with E-state index in [1.54, 1.807) is 32.0 Å². The molecular formula is C20H21NO6. The second-order valence-electron chi connectivity index (χ2n) is 5.92. The molecule has 7 nitrogen and oxygen atoms in total. The summed E-state index contributed by atoms with van der Waals surface area (Å²) in [6, 6.07) is 9.42. The summed E-state index contributed by atoms with van der Waals surface area (Å²) in [5.41, 5.74) is 7.48. The number of ether oxygens (including phenoxy) is 3. The summed E-state index contributed by atoms with van der Waals surface area (Å²) >= 11 is 0. The Balaban J connectivity index is 2.19. The molecule has 0 saturated heterocycles. The van der Waals surface area contributed by atoms with Crippen molar-refractivity contribution < 1.29 is 29.2 Å². The first-order valence-corrected chi connectivity index (χ1v) is 8.59. The van der Waals surface area contributed by atoms with Crippen LogP contribution < -0.4 is 15.2 Å². The molecule has 0 amide bonds. The van der Waals surface area contributed by atoms with Gasteiger partial charge in [-0.2, -0.15) is 0 Å². The highest BCUT2D eigenvalue weighted by Gasteiger charge is 2.36. The molecule has 0 fully saturated rings. The molecule has 0 bridgehead atoms. The van der Waals surface area contributed by atoms with Crippen molar-refractivity contribution in [2.24, 2.45) is 5.73 Å². The maximum Gasteiger partial charge on any atom is 0.340 e. The number of phenols is 2. The van der Waals surface area contributed by atoms with Gasteiger partial charge in [0.05, 0.1) is 19.1 Å². The van der Waals surface area contributed by atoms with Crippen molar-refractivity contribution in [3.63, 3.8) is 0 Å². The smallest absolute Gasteiger partial charge is 0.340 e. The highest BCUT2D eigenvalue weighted by Crippen LogP contribution is 2.45. The van der Waals surface area contributed by atoms with Gasteiger partial charge in [0, 0.05) is 11.6 Å². The maximum atomic E-state index is 12.6. The third kappa shape index (κ3) is 3.48. The highest BCUT2D eigenvalue weighted by atomic mass is 16.5. The fourth-order valence-electron chi connectivity index (χ4n) is 3.08. The molecule has 0 radical (unpaired) electrons. The van der Waals surface area contributed by atoms with Crippen LogP contribution in [0.1, 0.15) is 30.9 Å². The Morgan fingerprint density at radius 2 is 1.93 bits per heavy atom. The van der Waals surface area contributed by atoms with Gasteiger partial charge in [-0.05, 0) is 37.6 Å². The zero-order valence-electron chi connectivity index (χ0n) is 15.1. The second-order valence-corrected chi connectivity index (χ2v) is 5.92. The Hall–Kier alpha value is -3.35. The molecule has 0 aromatic heterocycles. The summed E-state index contributed by atoms with van der Waals surface area (Å²) < 4.78 is 16.2. The molecule has 1 unspecified atom stereocenters. The number of phenolic OH excluding ortho intramolecular Hbond substituents is 2. The van der Waals surface area contributed by atoms with Crippen molar-refractivity contribution in [1.82, 2.24) is 0 Å². The second kappa shape index (κ2) is 7.49. The Kier molecular flexibility index (Phi) is 5.12. The first kappa shape index (κ1) is 18.4. The SMILES string of the molecule is CCOC(=O)C1=C(N)Oc2cc(O)ccc2C1c1ccc(O)c(OCC)c1. The van der Waals surface area contributed by atoms with E-state index in [1.165, 1.54) is 18.2 Å². The number of aromatic hydroxyl groups is 2. The van der Waals surface area contributed by atoms with Crippen molar-refractivity contribution in [3.8, 4) is 23.0 Å². The monoisotopic (exact) mass is 371 g/mol. The molecule has 1 atom stereocenters. The summed E-state index contributed by atoms with van der Waals surface area (Å²) in [7, 11) is 0. The number of hydrogen-bond donors (Lipinski definition) is 3. The first-order chi connectivity index (χ1) is 13.0. The molecule has 0 aliphatic carbocycles. The normalized spacial score (nSPS) is 15.7. The van der Waals surface area contributed by atoms with Crippen LogP contribution in [0.25, 0.3) is 0 Å². The minimum absolute atomic E-state index is 0.00627. The van der Waals surface area contributed by atoms with Gasteiger partial charge < -0.3 is 30.2 Å². The van der Waals surface area contributed by atoms with E-state index in [-0.39, 0.29) is 29.6 Å². The molecule has 1 heterocycles. The van der Waals surface area contributed by atoms with Crippen LogP contribution in [0.15, 0.2) is 47.9 Å². The summed E-state index contributed by atoms with van der Waals surface area (Å²) in [4.78, 5) is 12.6. The van der Waals surface area contributed by atoms with Gasteiger partial charge in [0.15, 0.2) is 11.5 Å². The fraction of sp³-hybridized carbons (Fsp3) is 0.250. The summed E-state index contributed by atoms with van der Waals surface area (Å²) in [5, 5.41) is 19.8. The number of hydrogen-bond acceptors (Lipinski definition) is 7. The van der Waals surface area contributed by atoms with Gasteiger partial charge in [0.2, 0.25) is 5.88 Å². The number of benzene rings is 2. The number of nitrogens with two attached hydrogens (primary N) is 1. The van der Waals surface area contributed by atoms with E-state index in [4.69, 9.17) is 19.9 Å². The molecule has 2 aromatic rings. The number of fused-ring (bicyclic) bond motifs is 1. The number of rotatable bonds is 5. The molecule has 142 valence electrons. The van der Waals surface area contributed by atoms with Gasteiger partial charge in [-0.3, -0.25) is 0 Å². The molecule has 1 aliphatic heterocycles. The van der Waals surface area contributed by atoms with Gasteiger partial charge in [-0.1, -0.05) is 12.1 Å². The van der Waals surface area contributed by atoms with Crippen molar-refractivity contribution in [3.05, 3.63) is 59.0 Å². The quantitative estimate of drug-likeness (QED) is 0.693. The average Bonchev–Trinajstić information content (AvgIpc) is 2.62. The van der Waals surface area contributed by atoms with Crippen molar-refractivity contribution in [2.75, 3.05) is 13.2 Å². The van der Waals surface area contributed by atoms with E-state index >= 15 is 0 Å². The minimum atomic E-state index is -0.604. The Bertz CT molecular complexity index is 905. The average molecular weight is 371 g/mol. The lowest BCUT2D eigenvalue weighted by Gasteiger charge is -2.28. The van der Waals surface area contributed by atoms with Crippen molar-refractivity contribution >= 4 is 5.97 Å². The van der Waals surface area contributed by atoms with Gasteiger partial charge in [0.25, 0.3) is 0 Å². The highest BCUT2D eigenvalue weighted by molar-refractivity contribution is 5.92. The Labute approximate surface area is 156 Å². The molecule has 7 heteroatoms. The lowest BCUT2D eigenvalue weighted by molar-refractivity contribution is -0.139. The fourth-order valence-corrected chi connectivity index (χ4v) is 3.08. The minimum Gasteiger partial charge on any atom is -0.508 e. The largest absolute Gasteiger partial charge is 0.508 e. The third-order valence-corrected chi connectivity index (χ3v) is 4.19. The van der Waals surface area contributed by atoms with Gasteiger partial charge in [0.1, 0.15) is 17.1 Å². The van der Waals surface area contributed by atoms with E-state index in [9.17, 15) is 15.0 Å². The predicted octanol–water partition coefficient (Wildman–Crippen LogP) is 2.75. The van der Waals surface area contributed by atoms with E-state index in [0.717, 1.165) is 0 Å². The van der Waals surface area contributed by atoms with Crippen LogP contribution in [-0.4, -0.2) is 29.4 Å². The topological polar surface area (TPSA) is 111 Å². The van der Waals surface area contributed by atoms with E-state index < -0.39 is 11.9 Å². The van der Waals surface area contributed by atoms with Crippen molar-refractivity contribution in [2.45, 2.75) is 19.8 Å². The summed E-state index contributed by atoms with van der Waals surface area (Å²) in [6.07, 6.45) is 0. The first-order valence-electron chi connectivity index (χ1n) is 8.59. The summed E-state index contributed by atoms with van der Waals surface area (Å²) in [5.74, 6) is -0.644. The van der Waals surface area contributed by atoms with E-state index in [0.29, 0.717) is 29.2 Å². The molecule has 1 aliphatic rings. The van der Waals surface area contributed by atoms with Crippen LogP contribution in [0.3, 0.4) is 0 Å². The predicted molar refractivity (Wildman–Crippen MR) is 97.7 cm³/mol. The lowest BCUT2D eigenvalue weighted by Crippen LogP contribution is -2.27. The third-order valence-electron chi connectivity index (χ3n) is 4.19. The summed E-state index contributed by atoms with van der Waals surface area (Å²) in [6.45, 7) is 4.07. The van der Waals surface area contributed by atoms with Crippen LogP contribution in [0.4, 0.5) is 0 Å².